The Bertz CT molecular complexity index is 1260. The molecule has 1 aliphatic carbocycles. The zero-order valence-corrected chi connectivity index (χ0v) is 19.2. The molecular formula is C22H23F3N2O5S. The largest absolute Gasteiger partial charge is 0.455 e. The van der Waals surface area contributed by atoms with Gasteiger partial charge in [0.1, 0.15) is 10.7 Å². The topological polar surface area (TPSA) is 87.9 Å². The summed E-state index contributed by atoms with van der Waals surface area (Å²) < 4.78 is 73.0. The minimum Gasteiger partial charge on any atom is -0.455 e. The molecule has 178 valence electrons. The lowest BCUT2D eigenvalue weighted by molar-refractivity contribution is 0.0660. The molecule has 33 heavy (non-hydrogen) atoms. The summed E-state index contributed by atoms with van der Waals surface area (Å²) in [7, 11) is -4.43. The standard InChI is InChI=1S/C22H23F3N2O5S/c1-12-17-14(28)10-22(2,3)11-15(17)32-20(12)21(29)26-6-8-27(9-7-26)33(30,31)16-5-4-13(23)18(24)19(16)25/h4-5H,6-11H2,1-3H3. The number of Topliss-reactive ketones (excluding diaryl/α,β-unsaturated/α-hetero) is 1. The number of fused-ring (bicyclic) bond motifs is 1. The number of carbonyl (C=O) groups is 2. The second-order valence-corrected chi connectivity index (χ2v) is 11.1. The van der Waals surface area contributed by atoms with Gasteiger partial charge in [0.25, 0.3) is 5.91 Å². The van der Waals surface area contributed by atoms with Crippen LogP contribution in [-0.4, -0.2) is 55.5 Å². The van der Waals surface area contributed by atoms with Crippen LogP contribution in [0.3, 0.4) is 0 Å². The molecular weight excluding hydrogens is 461 g/mol. The van der Waals surface area contributed by atoms with Crippen LogP contribution in [0.1, 0.15) is 52.5 Å². The number of sulfonamides is 1. The fourth-order valence-corrected chi connectivity index (χ4v) is 5.89. The number of carbonyl (C=O) groups excluding carboxylic acids is 2. The molecule has 0 bridgehead atoms. The molecule has 1 saturated heterocycles. The van der Waals surface area contributed by atoms with Gasteiger partial charge in [0.2, 0.25) is 10.0 Å². The quantitative estimate of drug-likeness (QED) is 0.624. The molecule has 0 atom stereocenters. The number of piperazine rings is 1. The van der Waals surface area contributed by atoms with Crippen molar-refractivity contribution in [3.63, 3.8) is 0 Å². The molecule has 1 aromatic heterocycles. The van der Waals surface area contributed by atoms with E-state index in [1.807, 2.05) is 13.8 Å². The van der Waals surface area contributed by atoms with Crippen molar-refractivity contribution in [1.29, 1.82) is 0 Å². The molecule has 0 unspecified atom stereocenters. The molecule has 1 aromatic carbocycles. The van der Waals surface area contributed by atoms with Crippen LogP contribution in [0.15, 0.2) is 21.4 Å². The van der Waals surface area contributed by atoms with Crippen molar-refractivity contribution < 1.29 is 35.6 Å². The summed E-state index contributed by atoms with van der Waals surface area (Å²) in [4.78, 5) is 26.1. The minimum absolute atomic E-state index is 0.0202. The molecule has 2 aliphatic rings. The smallest absolute Gasteiger partial charge is 0.289 e. The lowest BCUT2D eigenvalue weighted by Crippen LogP contribution is -2.50. The van der Waals surface area contributed by atoms with E-state index in [0.717, 1.165) is 4.31 Å². The SMILES string of the molecule is Cc1c(C(=O)N2CCN(S(=O)(=O)c3ccc(F)c(F)c3F)CC2)oc2c1C(=O)CC(C)(C)C2. The number of hydrogen-bond acceptors (Lipinski definition) is 5. The van der Waals surface area contributed by atoms with Crippen molar-refractivity contribution in [2.75, 3.05) is 26.2 Å². The lowest BCUT2D eigenvalue weighted by atomic mass is 9.76. The molecule has 1 aliphatic heterocycles. The van der Waals surface area contributed by atoms with Gasteiger partial charge in [0.05, 0.1) is 5.56 Å². The van der Waals surface area contributed by atoms with Crippen LogP contribution < -0.4 is 0 Å². The van der Waals surface area contributed by atoms with Gasteiger partial charge >= 0.3 is 0 Å². The van der Waals surface area contributed by atoms with Crippen molar-refractivity contribution in [3.8, 4) is 0 Å². The van der Waals surface area contributed by atoms with Gasteiger partial charge in [-0.05, 0) is 24.5 Å². The first-order chi connectivity index (χ1) is 15.3. The highest BCUT2D eigenvalue weighted by molar-refractivity contribution is 7.89. The number of ketones is 1. The number of amides is 1. The number of hydrogen-bond donors (Lipinski definition) is 0. The predicted molar refractivity (Wildman–Crippen MR) is 111 cm³/mol. The first-order valence-electron chi connectivity index (χ1n) is 10.4. The molecule has 2 heterocycles. The van der Waals surface area contributed by atoms with E-state index in [2.05, 4.69) is 0 Å². The van der Waals surface area contributed by atoms with Crippen molar-refractivity contribution in [2.45, 2.75) is 38.5 Å². The Kier molecular flexibility index (Phi) is 5.68. The molecule has 0 spiro atoms. The molecule has 0 radical (unpaired) electrons. The number of halogens is 3. The molecule has 2 aromatic rings. The van der Waals surface area contributed by atoms with E-state index in [0.29, 0.717) is 41.9 Å². The van der Waals surface area contributed by atoms with Crippen molar-refractivity contribution in [2.24, 2.45) is 5.41 Å². The van der Waals surface area contributed by atoms with E-state index in [1.165, 1.54) is 4.90 Å². The Morgan fingerprint density at radius 2 is 1.67 bits per heavy atom. The molecule has 0 saturated carbocycles. The summed E-state index contributed by atoms with van der Waals surface area (Å²) in [6, 6.07) is 1.23. The number of nitrogens with zero attached hydrogens (tertiary/aromatic N) is 2. The van der Waals surface area contributed by atoms with Crippen LogP contribution in [0.5, 0.6) is 0 Å². The molecule has 7 nitrogen and oxygen atoms in total. The Balaban J connectivity index is 1.52. The molecule has 11 heteroatoms. The van der Waals surface area contributed by atoms with Crippen molar-refractivity contribution in [3.05, 3.63) is 52.2 Å². The first-order valence-corrected chi connectivity index (χ1v) is 11.9. The van der Waals surface area contributed by atoms with E-state index in [4.69, 9.17) is 4.42 Å². The monoisotopic (exact) mass is 484 g/mol. The molecule has 0 N–H and O–H groups in total. The predicted octanol–water partition coefficient (Wildman–Crippen LogP) is 3.31. The summed E-state index contributed by atoms with van der Waals surface area (Å²) in [6.45, 7) is 5.17. The van der Waals surface area contributed by atoms with Crippen LogP contribution in [0.4, 0.5) is 13.2 Å². The highest BCUT2D eigenvalue weighted by Crippen LogP contribution is 2.38. The average Bonchev–Trinajstić information content (AvgIpc) is 3.06. The molecule has 4 rings (SSSR count). The summed E-state index contributed by atoms with van der Waals surface area (Å²) >= 11 is 0. The highest BCUT2D eigenvalue weighted by atomic mass is 32.2. The van der Waals surface area contributed by atoms with Crippen molar-refractivity contribution >= 4 is 21.7 Å². The summed E-state index contributed by atoms with van der Waals surface area (Å²) in [5, 5.41) is 0. The Labute approximate surface area is 189 Å². The zero-order chi connectivity index (χ0) is 24.3. The van der Waals surface area contributed by atoms with Crippen LogP contribution in [0.25, 0.3) is 0 Å². The van der Waals surface area contributed by atoms with E-state index in [-0.39, 0.29) is 43.1 Å². The maximum absolute atomic E-state index is 14.1. The summed E-state index contributed by atoms with van der Waals surface area (Å²) in [5.41, 5.74) is 0.631. The third kappa shape index (κ3) is 3.97. The third-order valence-corrected chi connectivity index (χ3v) is 8.03. The van der Waals surface area contributed by atoms with E-state index < -0.39 is 38.3 Å². The average molecular weight is 484 g/mol. The zero-order valence-electron chi connectivity index (χ0n) is 18.4. The maximum Gasteiger partial charge on any atom is 0.289 e. The van der Waals surface area contributed by atoms with Crippen LogP contribution in [-0.2, 0) is 16.4 Å². The van der Waals surface area contributed by atoms with Gasteiger partial charge < -0.3 is 9.32 Å². The van der Waals surface area contributed by atoms with Crippen molar-refractivity contribution in [1.82, 2.24) is 9.21 Å². The van der Waals surface area contributed by atoms with Crippen LogP contribution >= 0.6 is 0 Å². The van der Waals surface area contributed by atoms with Gasteiger partial charge in [-0.3, -0.25) is 9.59 Å². The maximum atomic E-state index is 14.1. The molecule has 1 amide bonds. The fourth-order valence-electron chi connectivity index (χ4n) is 4.41. The van der Waals surface area contributed by atoms with E-state index >= 15 is 0 Å². The van der Waals surface area contributed by atoms with Crippen LogP contribution in [0.2, 0.25) is 0 Å². The first kappa shape index (κ1) is 23.5. The Hall–Kier alpha value is -2.66. The van der Waals surface area contributed by atoms with Gasteiger partial charge in [-0.2, -0.15) is 4.31 Å². The summed E-state index contributed by atoms with van der Waals surface area (Å²) in [5.74, 6) is -5.14. The third-order valence-electron chi connectivity index (χ3n) is 6.11. The minimum atomic E-state index is -4.43. The van der Waals surface area contributed by atoms with E-state index in [1.54, 1.807) is 6.92 Å². The lowest BCUT2D eigenvalue weighted by Gasteiger charge is -2.33. The Morgan fingerprint density at radius 1 is 1.03 bits per heavy atom. The van der Waals surface area contributed by atoms with Crippen LogP contribution in [0, 0.1) is 29.8 Å². The van der Waals surface area contributed by atoms with Gasteiger partial charge in [0.15, 0.2) is 29.0 Å². The van der Waals surface area contributed by atoms with Gasteiger partial charge in [-0.25, -0.2) is 21.6 Å². The number of furan rings is 1. The number of rotatable bonds is 3. The van der Waals surface area contributed by atoms with Gasteiger partial charge in [-0.1, -0.05) is 13.8 Å². The normalized spacial score (nSPS) is 19.0. The fraction of sp³-hybridized carbons (Fsp3) is 0.455. The molecule has 1 fully saturated rings. The second-order valence-electron chi connectivity index (χ2n) is 9.17. The highest BCUT2D eigenvalue weighted by Gasteiger charge is 2.39. The van der Waals surface area contributed by atoms with Gasteiger partial charge in [-0.15, -0.1) is 0 Å². The summed E-state index contributed by atoms with van der Waals surface area (Å²) in [6.07, 6.45) is 0.874. The number of benzene rings is 1. The van der Waals surface area contributed by atoms with Gasteiger partial charge in [0, 0.05) is 44.6 Å². The second kappa shape index (κ2) is 7.98. The Morgan fingerprint density at radius 3 is 2.30 bits per heavy atom. The van der Waals surface area contributed by atoms with E-state index in [9.17, 15) is 31.2 Å².